The van der Waals surface area contributed by atoms with Gasteiger partial charge in [0, 0.05) is 25.4 Å². The molecule has 6 heteroatoms. The highest BCUT2D eigenvalue weighted by molar-refractivity contribution is 5.92. The van der Waals surface area contributed by atoms with Crippen LogP contribution in [0.1, 0.15) is 16.3 Å². The first-order chi connectivity index (χ1) is 10.2. The van der Waals surface area contributed by atoms with E-state index in [1.54, 1.807) is 35.4 Å². The SMILES string of the molecule is N#CC1CN(C(=O)c2ccc(Cn3ccccc3=O)o2)C1. The van der Waals surface area contributed by atoms with Crippen LogP contribution in [0.3, 0.4) is 0 Å². The number of rotatable bonds is 3. The molecule has 3 rings (SSSR count). The summed E-state index contributed by atoms with van der Waals surface area (Å²) in [5.41, 5.74) is -0.124. The molecule has 6 nitrogen and oxygen atoms in total. The lowest BCUT2D eigenvalue weighted by molar-refractivity contribution is 0.0542. The van der Waals surface area contributed by atoms with E-state index in [4.69, 9.17) is 9.68 Å². The van der Waals surface area contributed by atoms with Crippen LogP contribution in [-0.2, 0) is 6.54 Å². The Morgan fingerprint density at radius 2 is 2.14 bits per heavy atom. The predicted molar refractivity (Wildman–Crippen MR) is 73.5 cm³/mol. The van der Waals surface area contributed by atoms with E-state index in [0.717, 1.165) is 0 Å². The van der Waals surface area contributed by atoms with E-state index in [1.807, 2.05) is 0 Å². The van der Waals surface area contributed by atoms with Gasteiger partial charge in [-0.15, -0.1) is 0 Å². The molecule has 0 aromatic carbocycles. The Balaban J connectivity index is 1.70. The fourth-order valence-electron chi connectivity index (χ4n) is 2.22. The lowest BCUT2D eigenvalue weighted by Gasteiger charge is -2.34. The molecule has 1 aliphatic rings. The fraction of sp³-hybridized carbons (Fsp3) is 0.267. The zero-order chi connectivity index (χ0) is 14.8. The van der Waals surface area contributed by atoms with Crippen LogP contribution in [0.25, 0.3) is 0 Å². The minimum absolute atomic E-state index is 0.0775. The molecule has 2 aromatic heterocycles. The van der Waals surface area contributed by atoms with Crippen LogP contribution in [-0.4, -0.2) is 28.5 Å². The number of pyridine rings is 1. The van der Waals surface area contributed by atoms with Gasteiger partial charge in [0.15, 0.2) is 5.76 Å². The minimum atomic E-state index is -0.215. The zero-order valence-corrected chi connectivity index (χ0v) is 11.2. The molecule has 2 aromatic rings. The molecular weight excluding hydrogens is 270 g/mol. The van der Waals surface area contributed by atoms with Crippen molar-refractivity contribution in [3.8, 4) is 6.07 Å². The summed E-state index contributed by atoms with van der Waals surface area (Å²) in [4.78, 5) is 25.3. The number of amides is 1. The van der Waals surface area contributed by atoms with Gasteiger partial charge in [0.1, 0.15) is 5.76 Å². The molecule has 1 aliphatic heterocycles. The highest BCUT2D eigenvalue weighted by Gasteiger charge is 2.32. The number of nitrogens with zero attached hydrogens (tertiary/aromatic N) is 3. The van der Waals surface area contributed by atoms with Gasteiger partial charge in [-0.1, -0.05) is 6.07 Å². The maximum Gasteiger partial charge on any atom is 0.289 e. The summed E-state index contributed by atoms with van der Waals surface area (Å²) in [7, 11) is 0. The van der Waals surface area contributed by atoms with Crippen molar-refractivity contribution < 1.29 is 9.21 Å². The third kappa shape index (κ3) is 2.58. The first-order valence-corrected chi connectivity index (χ1v) is 6.60. The molecule has 0 atom stereocenters. The maximum absolute atomic E-state index is 12.1. The summed E-state index contributed by atoms with van der Waals surface area (Å²) in [6.45, 7) is 1.18. The molecule has 0 spiro atoms. The monoisotopic (exact) mass is 283 g/mol. The Kier molecular flexibility index (Phi) is 3.32. The number of hydrogen-bond acceptors (Lipinski definition) is 4. The summed E-state index contributed by atoms with van der Waals surface area (Å²) < 4.78 is 7.00. The van der Waals surface area contributed by atoms with Crippen molar-refractivity contribution in [1.29, 1.82) is 5.26 Å². The molecule has 0 N–H and O–H groups in total. The van der Waals surface area contributed by atoms with Gasteiger partial charge in [-0.3, -0.25) is 9.59 Å². The summed E-state index contributed by atoms with van der Waals surface area (Å²) in [6.07, 6.45) is 1.67. The van der Waals surface area contributed by atoms with Crippen molar-refractivity contribution in [2.75, 3.05) is 13.1 Å². The Morgan fingerprint density at radius 3 is 2.86 bits per heavy atom. The van der Waals surface area contributed by atoms with E-state index in [9.17, 15) is 9.59 Å². The first-order valence-electron chi connectivity index (χ1n) is 6.60. The van der Waals surface area contributed by atoms with Crippen LogP contribution in [0.2, 0.25) is 0 Å². The molecule has 1 amide bonds. The average Bonchev–Trinajstić information content (AvgIpc) is 2.89. The molecule has 0 unspecified atom stereocenters. The van der Waals surface area contributed by atoms with Gasteiger partial charge in [-0.2, -0.15) is 5.26 Å². The summed E-state index contributed by atoms with van der Waals surface area (Å²) >= 11 is 0. The zero-order valence-electron chi connectivity index (χ0n) is 11.2. The highest BCUT2D eigenvalue weighted by atomic mass is 16.4. The van der Waals surface area contributed by atoms with Crippen molar-refractivity contribution in [2.24, 2.45) is 5.92 Å². The minimum Gasteiger partial charge on any atom is -0.454 e. The van der Waals surface area contributed by atoms with Crippen LogP contribution in [0.15, 0.2) is 45.7 Å². The first kappa shape index (κ1) is 13.2. The number of hydrogen-bond donors (Lipinski definition) is 0. The molecule has 0 saturated carbocycles. The van der Waals surface area contributed by atoms with Gasteiger partial charge in [-0.25, -0.2) is 0 Å². The van der Waals surface area contributed by atoms with Gasteiger partial charge in [0.05, 0.1) is 18.5 Å². The van der Waals surface area contributed by atoms with Crippen LogP contribution in [0.4, 0.5) is 0 Å². The number of carbonyl (C=O) groups is 1. The second-order valence-corrected chi connectivity index (χ2v) is 4.97. The summed E-state index contributed by atoms with van der Waals surface area (Å²) in [5, 5.41) is 8.71. The largest absolute Gasteiger partial charge is 0.454 e. The molecule has 0 bridgehead atoms. The van der Waals surface area contributed by atoms with Crippen LogP contribution < -0.4 is 5.56 Å². The molecule has 3 heterocycles. The summed E-state index contributed by atoms with van der Waals surface area (Å²) in [6, 6.07) is 10.3. The molecule has 1 fully saturated rings. The predicted octanol–water partition coefficient (Wildman–Crippen LogP) is 1.09. The summed E-state index contributed by atoms with van der Waals surface area (Å²) in [5.74, 6) is 0.494. The van der Waals surface area contributed by atoms with Crippen molar-refractivity contribution in [3.05, 3.63) is 58.4 Å². The second-order valence-electron chi connectivity index (χ2n) is 4.97. The van der Waals surface area contributed by atoms with E-state index in [1.165, 1.54) is 10.6 Å². The number of nitriles is 1. The van der Waals surface area contributed by atoms with Gasteiger partial charge >= 0.3 is 0 Å². The van der Waals surface area contributed by atoms with Gasteiger partial charge in [-0.05, 0) is 18.2 Å². The lowest BCUT2D eigenvalue weighted by atomic mass is 10.0. The number of carbonyl (C=O) groups excluding carboxylic acids is 1. The van der Waals surface area contributed by atoms with E-state index in [-0.39, 0.29) is 29.7 Å². The van der Waals surface area contributed by atoms with Crippen molar-refractivity contribution >= 4 is 5.91 Å². The third-order valence-corrected chi connectivity index (χ3v) is 3.45. The fourth-order valence-corrected chi connectivity index (χ4v) is 2.22. The number of furan rings is 1. The van der Waals surface area contributed by atoms with Crippen molar-refractivity contribution in [1.82, 2.24) is 9.47 Å². The van der Waals surface area contributed by atoms with E-state index in [0.29, 0.717) is 18.8 Å². The number of aromatic nitrogens is 1. The molecule has 1 saturated heterocycles. The Bertz CT molecular complexity index is 763. The Hall–Kier alpha value is -2.81. The molecular formula is C15H13N3O3. The van der Waals surface area contributed by atoms with Crippen LogP contribution >= 0.6 is 0 Å². The smallest absolute Gasteiger partial charge is 0.289 e. The Morgan fingerprint density at radius 1 is 1.33 bits per heavy atom. The lowest BCUT2D eigenvalue weighted by Crippen LogP contribution is -2.49. The average molecular weight is 283 g/mol. The standard InChI is InChI=1S/C15H13N3O3/c16-7-11-8-18(9-11)15(20)13-5-4-12(21-13)10-17-6-2-1-3-14(17)19/h1-6,11H,8-10H2. The van der Waals surface area contributed by atoms with E-state index in [2.05, 4.69) is 6.07 Å². The normalized spacial score (nSPS) is 14.5. The van der Waals surface area contributed by atoms with Crippen molar-refractivity contribution in [3.63, 3.8) is 0 Å². The van der Waals surface area contributed by atoms with E-state index >= 15 is 0 Å². The number of likely N-dealkylation sites (tertiary alicyclic amines) is 1. The van der Waals surface area contributed by atoms with Crippen LogP contribution in [0, 0.1) is 17.2 Å². The van der Waals surface area contributed by atoms with Gasteiger partial charge in [0.25, 0.3) is 11.5 Å². The molecule has 0 radical (unpaired) electrons. The third-order valence-electron chi connectivity index (χ3n) is 3.45. The topological polar surface area (TPSA) is 79.2 Å². The Labute approximate surface area is 120 Å². The second kappa shape index (κ2) is 5.29. The van der Waals surface area contributed by atoms with Crippen LogP contribution in [0.5, 0.6) is 0 Å². The highest BCUT2D eigenvalue weighted by Crippen LogP contribution is 2.19. The molecule has 21 heavy (non-hydrogen) atoms. The molecule has 106 valence electrons. The maximum atomic E-state index is 12.1. The quantitative estimate of drug-likeness (QED) is 0.844. The van der Waals surface area contributed by atoms with Crippen molar-refractivity contribution in [2.45, 2.75) is 6.54 Å². The van der Waals surface area contributed by atoms with Gasteiger partial charge < -0.3 is 13.9 Å². The molecule has 0 aliphatic carbocycles. The van der Waals surface area contributed by atoms with Gasteiger partial charge in [0.2, 0.25) is 0 Å². The van der Waals surface area contributed by atoms with E-state index < -0.39 is 0 Å².